The summed E-state index contributed by atoms with van der Waals surface area (Å²) in [6, 6.07) is 12.4. The van der Waals surface area contributed by atoms with Crippen LogP contribution in [0.4, 0.5) is 34.5 Å². The molecule has 0 bridgehead atoms. The maximum atomic E-state index is 9.75. The number of hydrogen-bond donors (Lipinski definition) is 0. The van der Waals surface area contributed by atoms with Crippen molar-refractivity contribution in [3.8, 4) is 0 Å². The molecule has 0 aliphatic heterocycles. The maximum absolute atomic E-state index is 9.75. The summed E-state index contributed by atoms with van der Waals surface area (Å²) >= 11 is 0. The smallest absolute Gasteiger partial charge is 0.418 e. The number of hydrogen-bond acceptors (Lipinski definition) is 6. The molecule has 0 aliphatic rings. The van der Waals surface area contributed by atoms with Gasteiger partial charge in [0.15, 0.2) is 0 Å². The largest absolute Gasteiger partial charge is 2.00 e. The Hall–Kier alpha value is -4.65. The van der Waals surface area contributed by atoms with Gasteiger partial charge in [-0.1, -0.05) is 0 Å². The van der Waals surface area contributed by atoms with Crippen molar-refractivity contribution < 1.29 is 51.6 Å². The van der Waals surface area contributed by atoms with E-state index in [0.717, 1.165) is 68.3 Å². The number of aromatic nitrogens is 12. The van der Waals surface area contributed by atoms with Gasteiger partial charge < -0.3 is 34.5 Å². The molecule has 0 atom stereocenters. The fourth-order valence-electron chi connectivity index (χ4n) is 5.90. The second kappa shape index (κ2) is 18.3. The Morgan fingerprint density at radius 1 is 0.327 bits per heavy atom. The first-order valence-corrected chi connectivity index (χ1v) is 16.6. The molecule has 0 aromatic carbocycles. The van der Waals surface area contributed by atoms with Crippen LogP contribution in [0.15, 0.2) is 36.4 Å². The molecule has 6 heterocycles. The van der Waals surface area contributed by atoms with Gasteiger partial charge in [0.25, 0.3) is 0 Å². The third kappa shape index (κ3) is 13.3. The second-order valence-corrected chi connectivity index (χ2v) is 12.9. The van der Waals surface area contributed by atoms with Crippen molar-refractivity contribution in [3.05, 3.63) is 105 Å². The molecule has 0 saturated carbocycles. The van der Waals surface area contributed by atoms with Gasteiger partial charge in [-0.2, -0.15) is 30.6 Å². The summed E-state index contributed by atoms with van der Waals surface area (Å²) in [5.41, 5.74) is 12.5. The van der Waals surface area contributed by atoms with Crippen LogP contribution in [0.5, 0.6) is 0 Å². The molecule has 23 heteroatoms. The molecular formula is C32H44B2F8FeN12. The molecule has 0 spiro atoms. The van der Waals surface area contributed by atoms with E-state index in [1.54, 1.807) is 0 Å². The van der Waals surface area contributed by atoms with Crippen molar-refractivity contribution in [2.75, 3.05) is 0 Å². The Morgan fingerprint density at radius 2 is 0.436 bits per heavy atom. The van der Waals surface area contributed by atoms with Gasteiger partial charge in [-0.05, 0) is 119 Å². The minimum absolute atomic E-state index is 0. The molecule has 6 aromatic rings. The Labute approximate surface area is 324 Å². The molecule has 0 fully saturated rings. The van der Waals surface area contributed by atoms with Crippen molar-refractivity contribution in [3.63, 3.8) is 0 Å². The Bertz CT molecular complexity index is 1770. The number of nitrogens with zero attached hydrogens (tertiary/aromatic N) is 12. The average molecular weight is 826 g/mol. The molecule has 0 aliphatic carbocycles. The molecule has 0 saturated heterocycles. The normalized spacial score (nSPS) is 11.5. The first-order valence-electron chi connectivity index (χ1n) is 16.6. The molecule has 0 radical (unpaired) electrons. The second-order valence-electron chi connectivity index (χ2n) is 12.9. The number of rotatable bonds is 6. The van der Waals surface area contributed by atoms with Crippen LogP contribution in [0.3, 0.4) is 0 Å². The Balaban J connectivity index is 0.000000301. The summed E-state index contributed by atoms with van der Waals surface area (Å²) in [6.45, 7) is 24.4. The third-order valence-corrected chi connectivity index (χ3v) is 7.58. The minimum atomic E-state index is -6.00. The summed E-state index contributed by atoms with van der Waals surface area (Å²) in [5.74, 6) is 0. The van der Waals surface area contributed by atoms with Crippen molar-refractivity contribution in [1.82, 2.24) is 58.7 Å². The molecule has 0 unspecified atom stereocenters. The summed E-state index contributed by atoms with van der Waals surface area (Å²) in [4.78, 5) is 0. The van der Waals surface area contributed by atoms with Crippen LogP contribution >= 0.6 is 0 Å². The standard InChI is InChI=1S/2C16H22N6.2BF4.Fe/c2*1-10-7-13(4)20(17-10)16(21-14(5)8-11(2)18-21)22-15(6)9-12(3)19-22;2*2-1(3,4)5;/h2*7-9,16H,1-6H3;;;/q;;2*-1;+2. The zero-order valence-corrected chi connectivity index (χ0v) is 33.6. The van der Waals surface area contributed by atoms with Gasteiger partial charge >= 0.3 is 31.6 Å². The predicted octanol–water partition coefficient (Wildman–Crippen LogP) is 7.96. The van der Waals surface area contributed by atoms with Gasteiger partial charge in [0.05, 0.1) is 34.2 Å². The zero-order chi connectivity index (χ0) is 41.0. The zero-order valence-electron chi connectivity index (χ0n) is 32.5. The summed E-state index contributed by atoms with van der Waals surface area (Å²) in [5, 5.41) is 28.0. The van der Waals surface area contributed by atoms with E-state index in [4.69, 9.17) is 0 Å². The number of halogens is 8. The molecule has 12 nitrogen and oxygen atoms in total. The molecule has 0 amide bonds. The van der Waals surface area contributed by atoms with E-state index >= 15 is 0 Å². The van der Waals surface area contributed by atoms with Crippen molar-refractivity contribution in [2.24, 2.45) is 0 Å². The molecule has 6 rings (SSSR count). The fraction of sp³-hybridized carbons (Fsp3) is 0.438. The molecule has 6 aromatic heterocycles. The fourth-order valence-corrected chi connectivity index (χ4v) is 5.90. The van der Waals surface area contributed by atoms with Crippen LogP contribution in [0.2, 0.25) is 0 Å². The monoisotopic (exact) mass is 826 g/mol. The molecule has 55 heavy (non-hydrogen) atoms. The van der Waals surface area contributed by atoms with E-state index < -0.39 is 14.5 Å². The predicted molar refractivity (Wildman–Crippen MR) is 190 cm³/mol. The molecule has 302 valence electrons. The SMILES string of the molecule is Cc1cc(C)n(C(n2nc(C)cc2C)n2nc(C)cc2C)n1.Cc1cc(C)n(C(n2nc(C)cc2C)n2nc(C)cc2C)n1.F[B-](F)(F)F.F[B-](F)(F)F.[Fe+2]. The van der Waals surface area contributed by atoms with Crippen LogP contribution in [-0.2, 0) is 17.1 Å². The Morgan fingerprint density at radius 3 is 0.509 bits per heavy atom. The first kappa shape index (κ1) is 46.5. The maximum Gasteiger partial charge on any atom is 2.00 e. The van der Waals surface area contributed by atoms with E-state index in [9.17, 15) is 34.5 Å². The molecule has 0 N–H and O–H groups in total. The van der Waals surface area contributed by atoms with E-state index in [1.807, 2.05) is 69.6 Å². The number of aryl methyl sites for hydroxylation is 12. The van der Waals surface area contributed by atoms with Crippen LogP contribution in [0, 0.1) is 83.1 Å². The summed E-state index contributed by atoms with van der Waals surface area (Å²) < 4.78 is 89.9. The van der Waals surface area contributed by atoms with Gasteiger partial charge in [0.1, 0.15) is 0 Å². The van der Waals surface area contributed by atoms with Crippen molar-refractivity contribution in [1.29, 1.82) is 0 Å². The first-order chi connectivity index (χ1) is 24.7. The van der Waals surface area contributed by atoms with E-state index in [0.29, 0.717) is 0 Å². The topological polar surface area (TPSA) is 107 Å². The van der Waals surface area contributed by atoms with Gasteiger partial charge in [0, 0.05) is 34.2 Å². The van der Waals surface area contributed by atoms with Crippen molar-refractivity contribution >= 4 is 14.5 Å². The van der Waals surface area contributed by atoms with Gasteiger partial charge in [-0.25, -0.2) is 28.1 Å². The quantitative estimate of drug-likeness (QED) is 0.125. The van der Waals surface area contributed by atoms with E-state index in [1.165, 1.54) is 0 Å². The van der Waals surface area contributed by atoms with Crippen LogP contribution in [0.1, 0.15) is 80.9 Å². The molecular weight excluding hydrogens is 782 g/mol. The third-order valence-electron chi connectivity index (χ3n) is 7.58. The van der Waals surface area contributed by atoms with E-state index in [-0.39, 0.29) is 29.6 Å². The van der Waals surface area contributed by atoms with Crippen LogP contribution in [0.25, 0.3) is 0 Å². The van der Waals surface area contributed by atoms with Gasteiger partial charge in [-0.15, -0.1) is 0 Å². The summed E-state index contributed by atoms with van der Waals surface area (Å²) in [6.07, 6.45) is -0.452. The van der Waals surface area contributed by atoms with Crippen molar-refractivity contribution in [2.45, 2.75) is 95.7 Å². The van der Waals surface area contributed by atoms with Crippen LogP contribution < -0.4 is 0 Å². The van der Waals surface area contributed by atoms with Gasteiger partial charge in [-0.3, -0.25) is 0 Å². The Kier molecular flexibility index (Phi) is 15.5. The van der Waals surface area contributed by atoms with E-state index in [2.05, 4.69) is 109 Å². The average Bonchev–Trinajstić information content (AvgIpc) is 3.81. The van der Waals surface area contributed by atoms with Gasteiger partial charge in [0.2, 0.25) is 12.6 Å². The summed E-state index contributed by atoms with van der Waals surface area (Å²) in [7, 11) is -12.0. The minimum Gasteiger partial charge on any atom is -0.418 e. The van der Waals surface area contributed by atoms with Crippen LogP contribution in [-0.4, -0.2) is 73.2 Å².